The van der Waals surface area contributed by atoms with Gasteiger partial charge >= 0.3 is 0 Å². The van der Waals surface area contributed by atoms with E-state index in [1.165, 1.54) is 0 Å². The zero-order valence-electron chi connectivity index (χ0n) is 15.8. The number of rotatable bonds is 3. The van der Waals surface area contributed by atoms with Crippen LogP contribution < -0.4 is 10.6 Å². The van der Waals surface area contributed by atoms with Crippen molar-refractivity contribution in [3.05, 3.63) is 59.7 Å². The lowest BCUT2D eigenvalue weighted by atomic mass is 9.94. The maximum absolute atomic E-state index is 12.9. The summed E-state index contributed by atoms with van der Waals surface area (Å²) in [5.41, 5.74) is 2.00. The number of benzene rings is 2. The number of para-hydroxylation sites is 1. The molecule has 2 aromatic rings. The van der Waals surface area contributed by atoms with Gasteiger partial charge in [-0.2, -0.15) is 0 Å². The van der Waals surface area contributed by atoms with E-state index >= 15 is 0 Å². The van der Waals surface area contributed by atoms with Crippen LogP contribution in [0.4, 0.5) is 11.4 Å². The van der Waals surface area contributed by atoms with Crippen molar-refractivity contribution < 1.29 is 19.1 Å². The summed E-state index contributed by atoms with van der Waals surface area (Å²) in [5, 5.41) is 5.77. The summed E-state index contributed by atoms with van der Waals surface area (Å²) < 4.78 is 5.29. The summed E-state index contributed by atoms with van der Waals surface area (Å²) in [6.45, 7) is 2.20. The van der Waals surface area contributed by atoms with Crippen LogP contribution >= 0.6 is 0 Å². The minimum atomic E-state index is -0.762. The Labute approximate surface area is 168 Å². The number of ether oxygens (including phenoxy) is 1. The second-order valence-corrected chi connectivity index (χ2v) is 7.70. The molecule has 2 aromatic carbocycles. The number of hydrogen-bond acceptors (Lipinski definition) is 4. The van der Waals surface area contributed by atoms with Crippen molar-refractivity contribution in [3.63, 3.8) is 0 Å². The molecule has 2 aliphatic heterocycles. The third-order valence-corrected chi connectivity index (χ3v) is 6.01. The molecule has 7 heteroatoms. The van der Waals surface area contributed by atoms with Crippen molar-refractivity contribution in [2.45, 2.75) is 11.8 Å². The largest absolute Gasteiger partial charge is 0.378 e. The van der Waals surface area contributed by atoms with Gasteiger partial charge in [0.2, 0.25) is 11.8 Å². The fraction of sp³-hybridized carbons (Fsp3) is 0.318. The van der Waals surface area contributed by atoms with Gasteiger partial charge in [0.1, 0.15) is 0 Å². The number of fused-ring (bicyclic) bond motifs is 2. The topological polar surface area (TPSA) is 87.7 Å². The molecule has 7 nitrogen and oxygen atoms in total. The third kappa shape index (κ3) is 2.89. The van der Waals surface area contributed by atoms with Gasteiger partial charge in [0, 0.05) is 30.0 Å². The van der Waals surface area contributed by atoms with E-state index in [1.54, 1.807) is 29.2 Å². The van der Waals surface area contributed by atoms with Gasteiger partial charge in [-0.3, -0.25) is 14.4 Å². The molecular formula is C22H21N3O4. The van der Waals surface area contributed by atoms with E-state index in [0.29, 0.717) is 44.0 Å². The molecule has 2 unspecified atom stereocenters. The molecule has 1 saturated heterocycles. The summed E-state index contributed by atoms with van der Waals surface area (Å²) in [4.78, 5) is 39.8. The van der Waals surface area contributed by atoms with Crippen LogP contribution in [0.2, 0.25) is 0 Å². The lowest BCUT2D eigenvalue weighted by Crippen LogP contribution is -2.40. The highest BCUT2D eigenvalue weighted by atomic mass is 16.5. The second-order valence-electron chi connectivity index (χ2n) is 7.70. The minimum absolute atomic E-state index is 0.0728. The van der Waals surface area contributed by atoms with Gasteiger partial charge in [0.15, 0.2) is 0 Å². The summed E-state index contributed by atoms with van der Waals surface area (Å²) in [5.74, 6) is -0.802. The summed E-state index contributed by atoms with van der Waals surface area (Å²) in [6.07, 6.45) is 0.494. The summed E-state index contributed by atoms with van der Waals surface area (Å²) in [6, 6.07) is 14.5. The molecule has 0 aromatic heterocycles. The first-order valence-electron chi connectivity index (χ1n) is 9.78. The Morgan fingerprint density at radius 2 is 1.90 bits per heavy atom. The van der Waals surface area contributed by atoms with Crippen molar-refractivity contribution in [2.24, 2.45) is 5.92 Å². The molecule has 0 radical (unpaired) electrons. The van der Waals surface area contributed by atoms with Crippen molar-refractivity contribution in [3.8, 4) is 0 Å². The molecular weight excluding hydrogens is 370 g/mol. The Bertz CT molecular complexity index is 1010. The quantitative estimate of drug-likeness (QED) is 0.838. The Kier molecular flexibility index (Phi) is 4.13. The van der Waals surface area contributed by atoms with Crippen molar-refractivity contribution >= 4 is 29.1 Å². The van der Waals surface area contributed by atoms with Crippen LogP contribution in [0.3, 0.4) is 0 Å². The Hall–Kier alpha value is -3.19. The fourth-order valence-corrected chi connectivity index (χ4v) is 4.37. The highest BCUT2D eigenvalue weighted by molar-refractivity contribution is 6.14. The number of morpholine rings is 1. The van der Waals surface area contributed by atoms with Crippen molar-refractivity contribution in [1.82, 2.24) is 4.90 Å². The first-order valence-corrected chi connectivity index (χ1v) is 9.78. The standard InChI is InChI=1S/C22H21N3O4/c26-19(17-13-22(17)16-6-1-2-7-18(16)24-21(22)28)23-15-5-3-4-14(12-15)20(27)25-8-10-29-11-9-25/h1-7,12,17H,8-11,13H2,(H,23,26)(H,24,28). The number of amides is 3. The molecule has 0 bridgehead atoms. The van der Waals surface area contributed by atoms with Gasteiger partial charge in [0.25, 0.3) is 5.91 Å². The predicted molar refractivity (Wildman–Crippen MR) is 107 cm³/mol. The average molecular weight is 391 g/mol. The van der Waals surface area contributed by atoms with Crippen LogP contribution in [0.1, 0.15) is 22.3 Å². The van der Waals surface area contributed by atoms with Crippen LogP contribution in [-0.2, 0) is 19.7 Å². The molecule has 2 fully saturated rings. The molecule has 148 valence electrons. The maximum atomic E-state index is 12.9. The summed E-state index contributed by atoms with van der Waals surface area (Å²) >= 11 is 0. The van der Waals surface area contributed by atoms with Gasteiger partial charge in [-0.25, -0.2) is 0 Å². The van der Waals surface area contributed by atoms with E-state index in [4.69, 9.17) is 4.74 Å². The van der Waals surface area contributed by atoms with Crippen LogP contribution in [0.25, 0.3) is 0 Å². The smallest absolute Gasteiger partial charge is 0.254 e. The van der Waals surface area contributed by atoms with Crippen LogP contribution in [-0.4, -0.2) is 48.9 Å². The molecule has 2 N–H and O–H groups in total. The van der Waals surface area contributed by atoms with E-state index in [-0.39, 0.29) is 17.7 Å². The van der Waals surface area contributed by atoms with E-state index < -0.39 is 11.3 Å². The van der Waals surface area contributed by atoms with E-state index in [9.17, 15) is 14.4 Å². The second kappa shape index (κ2) is 6.70. The van der Waals surface area contributed by atoms with E-state index in [1.807, 2.05) is 24.3 Å². The Balaban J connectivity index is 1.31. The van der Waals surface area contributed by atoms with Crippen LogP contribution in [0, 0.1) is 5.92 Å². The van der Waals surface area contributed by atoms with Gasteiger partial charge in [-0.1, -0.05) is 24.3 Å². The molecule has 1 saturated carbocycles. The molecule has 3 aliphatic rings. The number of anilines is 2. The predicted octanol–water partition coefficient (Wildman–Crippen LogP) is 2.01. The molecule has 3 amide bonds. The van der Waals surface area contributed by atoms with E-state index in [2.05, 4.69) is 10.6 Å². The average Bonchev–Trinajstić information content (AvgIpc) is 3.45. The molecule has 2 heterocycles. The SMILES string of the molecule is O=C(Nc1cccc(C(=O)N2CCOCC2)c1)C1CC12C(=O)Nc1ccccc12. The van der Waals surface area contributed by atoms with Crippen molar-refractivity contribution in [2.75, 3.05) is 36.9 Å². The molecule has 1 spiro atoms. The number of carbonyl (C=O) groups excluding carboxylic acids is 3. The fourth-order valence-electron chi connectivity index (χ4n) is 4.37. The monoisotopic (exact) mass is 391 g/mol. The number of nitrogens with one attached hydrogen (secondary N) is 2. The van der Waals surface area contributed by atoms with Gasteiger partial charge < -0.3 is 20.3 Å². The lowest BCUT2D eigenvalue weighted by Gasteiger charge is -2.27. The highest BCUT2D eigenvalue weighted by Gasteiger charge is 2.67. The molecule has 2 atom stereocenters. The van der Waals surface area contributed by atoms with Gasteiger partial charge in [-0.15, -0.1) is 0 Å². The number of hydrogen-bond donors (Lipinski definition) is 2. The van der Waals surface area contributed by atoms with Crippen LogP contribution in [0.15, 0.2) is 48.5 Å². The first-order chi connectivity index (χ1) is 14.1. The summed E-state index contributed by atoms with van der Waals surface area (Å²) in [7, 11) is 0. The molecule has 29 heavy (non-hydrogen) atoms. The molecule has 1 aliphatic carbocycles. The third-order valence-electron chi connectivity index (χ3n) is 6.01. The lowest BCUT2D eigenvalue weighted by molar-refractivity contribution is -0.122. The van der Waals surface area contributed by atoms with Gasteiger partial charge in [0.05, 0.1) is 24.5 Å². The van der Waals surface area contributed by atoms with Crippen molar-refractivity contribution in [1.29, 1.82) is 0 Å². The maximum Gasteiger partial charge on any atom is 0.254 e. The molecule has 5 rings (SSSR count). The first kappa shape index (κ1) is 17.9. The Morgan fingerprint density at radius 3 is 2.72 bits per heavy atom. The number of carbonyl (C=O) groups is 3. The van der Waals surface area contributed by atoms with Gasteiger partial charge in [-0.05, 0) is 36.2 Å². The number of nitrogens with zero attached hydrogens (tertiary/aromatic N) is 1. The Morgan fingerprint density at radius 1 is 1.10 bits per heavy atom. The van der Waals surface area contributed by atoms with Crippen LogP contribution in [0.5, 0.6) is 0 Å². The zero-order chi connectivity index (χ0) is 20.0. The highest BCUT2D eigenvalue weighted by Crippen LogP contribution is 2.60. The normalized spacial score (nSPS) is 24.8. The van der Waals surface area contributed by atoms with E-state index in [0.717, 1.165) is 11.3 Å². The zero-order valence-corrected chi connectivity index (χ0v) is 15.8. The minimum Gasteiger partial charge on any atom is -0.378 e.